The molecule has 2 aromatic rings. The van der Waals surface area contributed by atoms with E-state index in [1.54, 1.807) is 6.20 Å². The van der Waals surface area contributed by atoms with E-state index in [2.05, 4.69) is 16.4 Å². The van der Waals surface area contributed by atoms with Gasteiger partial charge in [0.2, 0.25) is 5.91 Å². The molecule has 3 N–H and O–H groups in total. The van der Waals surface area contributed by atoms with E-state index in [0.717, 1.165) is 29.3 Å². The minimum absolute atomic E-state index is 0.0717. The van der Waals surface area contributed by atoms with Gasteiger partial charge in [-0.3, -0.25) is 9.78 Å². The highest BCUT2D eigenvalue weighted by Crippen LogP contribution is 2.16. The second kappa shape index (κ2) is 7.18. The summed E-state index contributed by atoms with van der Waals surface area (Å²) in [5.74, 6) is 0.127. The van der Waals surface area contributed by atoms with Gasteiger partial charge in [0.05, 0.1) is 11.6 Å². The van der Waals surface area contributed by atoms with E-state index in [1.165, 1.54) is 0 Å². The molecule has 0 saturated heterocycles. The van der Waals surface area contributed by atoms with Crippen molar-refractivity contribution in [3.8, 4) is 0 Å². The summed E-state index contributed by atoms with van der Waals surface area (Å²) in [5.41, 5.74) is 8.06. The highest BCUT2D eigenvalue weighted by Gasteiger charge is 2.18. The van der Waals surface area contributed by atoms with E-state index < -0.39 is 6.04 Å². The molecule has 0 bridgehead atoms. The average Bonchev–Trinajstić information content (AvgIpc) is 2.53. The van der Waals surface area contributed by atoms with E-state index in [-0.39, 0.29) is 11.8 Å². The number of benzene rings is 1. The molecule has 0 aliphatic heterocycles. The van der Waals surface area contributed by atoms with Crippen LogP contribution in [0.5, 0.6) is 0 Å². The minimum Gasteiger partial charge on any atom is -0.354 e. The van der Waals surface area contributed by atoms with Gasteiger partial charge in [-0.2, -0.15) is 0 Å². The summed E-state index contributed by atoms with van der Waals surface area (Å²) < 4.78 is 0. The van der Waals surface area contributed by atoms with Crippen LogP contribution in [0.2, 0.25) is 0 Å². The number of carbonyl (C=O) groups is 1. The molecule has 4 nitrogen and oxygen atoms in total. The molecule has 21 heavy (non-hydrogen) atoms. The van der Waals surface area contributed by atoms with E-state index >= 15 is 0 Å². The number of hydrogen-bond donors (Lipinski definition) is 2. The first kappa shape index (κ1) is 15.4. The van der Waals surface area contributed by atoms with Crippen LogP contribution in [0, 0.1) is 5.92 Å². The lowest BCUT2D eigenvalue weighted by atomic mass is 9.99. The highest BCUT2D eigenvalue weighted by atomic mass is 16.2. The number of aromatic nitrogens is 1. The Morgan fingerprint density at radius 2 is 2.10 bits per heavy atom. The Labute approximate surface area is 125 Å². The summed E-state index contributed by atoms with van der Waals surface area (Å²) in [4.78, 5) is 16.4. The Morgan fingerprint density at radius 1 is 1.33 bits per heavy atom. The van der Waals surface area contributed by atoms with Gasteiger partial charge in [-0.1, -0.05) is 44.5 Å². The molecule has 112 valence electrons. The zero-order valence-electron chi connectivity index (χ0n) is 12.7. The number of fused-ring (bicyclic) bond motifs is 1. The topological polar surface area (TPSA) is 68.0 Å². The van der Waals surface area contributed by atoms with Crippen molar-refractivity contribution in [2.24, 2.45) is 11.7 Å². The van der Waals surface area contributed by atoms with Gasteiger partial charge in [-0.15, -0.1) is 0 Å². The zero-order valence-corrected chi connectivity index (χ0v) is 12.7. The number of nitrogens with one attached hydrogen (secondary N) is 1. The maximum atomic E-state index is 11.9. The van der Waals surface area contributed by atoms with Gasteiger partial charge in [0.15, 0.2) is 0 Å². The van der Waals surface area contributed by atoms with Crippen molar-refractivity contribution < 1.29 is 4.79 Å². The molecule has 1 amide bonds. The van der Waals surface area contributed by atoms with Gasteiger partial charge in [0, 0.05) is 18.1 Å². The predicted molar refractivity (Wildman–Crippen MR) is 85.9 cm³/mol. The van der Waals surface area contributed by atoms with Crippen molar-refractivity contribution in [1.82, 2.24) is 10.3 Å². The summed E-state index contributed by atoms with van der Waals surface area (Å²) >= 11 is 0. The van der Waals surface area contributed by atoms with Gasteiger partial charge in [0.1, 0.15) is 0 Å². The Balaban J connectivity index is 1.95. The first-order valence-electron chi connectivity index (χ1n) is 7.49. The van der Waals surface area contributed by atoms with Crippen LogP contribution in [-0.2, 0) is 11.2 Å². The molecule has 1 aromatic carbocycles. The molecule has 0 radical (unpaired) electrons. The molecule has 2 unspecified atom stereocenters. The minimum atomic E-state index is -0.430. The Kier molecular flexibility index (Phi) is 5.28. The Bertz CT molecular complexity index is 607. The third-order valence-electron chi connectivity index (χ3n) is 3.97. The Hall–Kier alpha value is -1.94. The van der Waals surface area contributed by atoms with Crippen LogP contribution in [0.3, 0.4) is 0 Å². The van der Waals surface area contributed by atoms with Gasteiger partial charge < -0.3 is 11.1 Å². The summed E-state index contributed by atoms with van der Waals surface area (Å²) in [7, 11) is 0. The lowest BCUT2D eigenvalue weighted by molar-refractivity contribution is -0.123. The molecule has 0 spiro atoms. The fourth-order valence-electron chi connectivity index (χ4n) is 2.32. The molecule has 2 atom stereocenters. The third-order valence-corrected chi connectivity index (χ3v) is 3.97. The smallest absolute Gasteiger partial charge is 0.237 e. The van der Waals surface area contributed by atoms with Crippen LogP contribution in [-0.4, -0.2) is 23.5 Å². The number of nitrogens with two attached hydrogens (primary N) is 1. The standard InChI is InChI=1S/C17H23N3O/c1-3-12(2)15(18)17(21)20-11-9-14-7-4-6-13-8-5-10-19-16(13)14/h4-8,10,12,15H,3,9,11,18H2,1-2H3,(H,20,21). The Morgan fingerprint density at radius 3 is 2.86 bits per heavy atom. The lowest BCUT2D eigenvalue weighted by Gasteiger charge is -2.17. The van der Waals surface area contributed by atoms with Gasteiger partial charge in [0.25, 0.3) is 0 Å². The van der Waals surface area contributed by atoms with Crippen LogP contribution in [0.15, 0.2) is 36.5 Å². The van der Waals surface area contributed by atoms with Crippen LogP contribution in [0.4, 0.5) is 0 Å². The highest BCUT2D eigenvalue weighted by molar-refractivity contribution is 5.83. The van der Waals surface area contributed by atoms with Crippen molar-refractivity contribution in [2.45, 2.75) is 32.7 Å². The molecule has 0 saturated carbocycles. The third kappa shape index (κ3) is 3.79. The first-order chi connectivity index (χ1) is 10.1. The summed E-state index contributed by atoms with van der Waals surface area (Å²) in [6.07, 6.45) is 3.46. The van der Waals surface area contributed by atoms with E-state index in [4.69, 9.17) is 5.73 Å². The van der Waals surface area contributed by atoms with E-state index in [9.17, 15) is 4.79 Å². The monoisotopic (exact) mass is 285 g/mol. The quantitative estimate of drug-likeness (QED) is 0.855. The van der Waals surface area contributed by atoms with Crippen LogP contribution in [0.1, 0.15) is 25.8 Å². The second-order valence-corrected chi connectivity index (χ2v) is 5.44. The number of nitrogens with zero attached hydrogens (tertiary/aromatic N) is 1. The number of hydrogen-bond acceptors (Lipinski definition) is 3. The average molecular weight is 285 g/mol. The molecule has 0 aliphatic rings. The summed E-state index contributed by atoms with van der Waals surface area (Å²) in [5, 5.41) is 4.04. The SMILES string of the molecule is CCC(C)C(N)C(=O)NCCc1cccc2cccnc12. The van der Waals surface area contributed by atoms with Crippen molar-refractivity contribution in [2.75, 3.05) is 6.54 Å². The van der Waals surface area contributed by atoms with Gasteiger partial charge in [-0.25, -0.2) is 0 Å². The van der Waals surface area contributed by atoms with Crippen molar-refractivity contribution in [1.29, 1.82) is 0 Å². The molecular formula is C17H23N3O. The fraction of sp³-hybridized carbons (Fsp3) is 0.412. The summed E-state index contributed by atoms with van der Waals surface area (Å²) in [6, 6.07) is 9.66. The normalized spacial score (nSPS) is 13.9. The lowest BCUT2D eigenvalue weighted by Crippen LogP contribution is -2.45. The molecule has 4 heteroatoms. The van der Waals surface area contributed by atoms with Crippen molar-refractivity contribution in [3.63, 3.8) is 0 Å². The van der Waals surface area contributed by atoms with Crippen molar-refractivity contribution in [3.05, 3.63) is 42.1 Å². The second-order valence-electron chi connectivity index (χ2n) is 5.44. The molecule has 0 aliphatic carbocycles. The first-order valence-corrected chi connectivity index (χ1v) is 7.49. The molecule has 2 rings (SSSR count). The number of rotatable bonds is 6. The van der Waals surface area contributed by atoms with Gasteiger partial charge in [-0.05, 0) is 24.0 Å². The summed E-state index contributed by atoms with van der Waals surface area (Å²) in [6.45, 7) is 4.62. The van der Waals surface area contributed by atoms with E-state index in [0.29, 0.717) is 6.54 Å². The molecule has 1 aromatic heterocycles. The number of amides is 1. The van der Waals surface area contributed by atoms with Crippen LogP contribution in [0.25, 0.3) is 10.9 Å². The number of para-hydroxylation sites is 1. The number of pyridine rings is 1. The zero-order chi connectivity index (χ0) is 15.2. The molecular weight excluding hydrogens is 262 g/mol. The van der Waals surface area contributed by atoms with Crippen LogP contribution >= 0.6 is 0 Å². The number of carbonyl (C=O) groups excluding carboxylic acids is 1. The fourth-order valence-corrected chi connectivity index (χ4v) is 2.32. The largest absolute Gasteiger partial charge is 0.354 e. The van der Waals surface area contributed by atoms with Crippen molar-refractivity contribution >= 4 is 16.8 Å². The molecule has 0 fully saturated rings. The maximum Gasteiger partial charge on any atom is 0.237 e. The molecule has 1 heterocycles. The van der Waals surface area contributed by atoms with E-state index in [1.807, 2.05) is 38.1 Å². The van der Waals surface area contributed by atoms with Gasteiger partial charge >= 0.3 is 0 Å². The van der Waals surface area contributed by atoms with Crippen LogP contribution < -0.4 is 11.1 Å². The maximum absolute atomic E-state index is 11.9. The predicted octanol–water partition coefficient (Wildman–Crippen LogP) is 2.27.